The summed E-state index contributed by atoms with van der Waals surface area (Å²) in [6.07, 6.45) is 1.83. The Morgan fingerprint density at radius 2 is 1.76 bits per heavy atom. The molecule has 0 saturated carbocycles. The molecule has 0 spiro atoms. The van der Waals surface area contributed by atoms with Crippen LogP contribution in [-0.2, 0) is 26.7 Å². The number of aromatic nitrogens is 5. The summed E-state index contributed by atoms with van der Waals surface area (Å²) in [5, 5.41) is 1.16. The lowest BCUT2D eigenvalue weighted by molar-refractivity contribution is 0.119. The predicted octanol–water partition coefficient (Wildman–Crippen LogP) is 2.15. The molecule has 1 aliphatic heterocycles. The SMILES string of the molecule is CCCCn1c(=O)[nH]c(=O)c2c1nc(CN1CCN(Cc3nc4ccccc4s3)CC1)n2C. The highest BCUT2D eigenvalue weighted by Gasteiger charge is 2.22. The molecule has 0 aliphatic carbocycles. The molecule has 1 aromatic carbocycles. The minimum Gasteiger partial charge on any atom is -0.324 e. The van der Waals surface area contributed by atoms with E-state index in [1.54, 1.807) is 15.9 Å². The topological polar surface area (TPSA) is 92.0 Å². The van der Waals surface area contributed by atoms with Crippen LogP contribution in [0.5, 0.6) is 0 Å². The summed E-state index contributed by atoms with van der Waals surface area (Å²) < 4.78 is 4.67. The zero-order valence-electron chi connectivity index (χ0n) is 19.1. The molecule has 0 amide bonds. The van der Waals surface area contributed by atoms with Gasteiger partial charge in [0.2, 0.25) is 0 Å². The molecule has 0 atom stereocenters. The number of nitrogens with one attached hydrogen (secondary N) is 1. The number of imidazole rings is 1. The Kier molecular flexibility index (Phi) is 6.13. The van der Waals surface area contributed by atoms with Crippen LogP contribution < -0.4 is 11.2 Å². The molecule has 174 valence electrons. The normalized spacial score (nSPS) is 15.7. The van der Waals surface area contributed by atoms with Crippen LogP contribution >= 0.6 is 11.3 Å². The maximum atomic E-state index is 12.5. The van der Waals surface area contributed by atoms with E-state index in [9.17, 15) is 9.59 Å². The maximum absolute atomic E-state index is 12.5. The van der Waals surface area contributed by atoms with Gasteiger partial charge in [0.05, 0.1) is 23.3 Å². The maximum Gasteiger partial charge on any atom is 0.330 e. The van der Waals surface area contributed by atoms with Gasteiger partial charge in [0.25, 0.3) is 5.56 Å². The fourth-order valence-corrected chi connectivity index (χ4v) is 5.45. The second kappa shape index (κ2) is 9.20. The van der Waals surface area contributed by atoms with Crippen LogP contribution in [0.15, 0.2) is 33.9 Å². The fourth-order valence-electron chi connectivity index (χ4n) is 4.44. The van der Waals surface area contributed by atoms with Crippen molar-refractivity contribution >= 4 is 32.7 Å². The van der Waals surface area contributed by atoms with E-state index in [0.29, 0.717) is 24.3 Å². The number of unbranched alkanes of at least 4 members (excludes halogenated alkanes) is 1. The van der Waals surface area contributed by atoms with Crippen molar-refractivity contribution in [3.8, 4) is 0 Å². The summed E-state index contributed by atoms with van der Waals surface area (Å²) in [5.41, 5.74) is 1.28. The van der Waals surface area contributed by atoms with Crippen molar-refractivity contribution in [3.63, 3.8) is 0 Å². The molecule has 1 N–H and O–H groups in total. The van der Waals surface area contributed by atoms with Gasteiger partial charge in [-0.3, -0.25) is 24.1 Å². The second-order valence-corrected chi connectivity index (χ2v) is 9.77. The van der Waals surface area contributed by atoms with Crippen molar-refractivity contribution in [1.29, 1.82) is 0 Å². The molecule has 10 heteroatoms. The fraction of sp³-hybridized carbons (Fsp3) is 0.478. The van der Waals surface area contributed by atoms with Crippen molar-refractivity contribution in [1.82, 2.24) is 33.9 Å². The first-order valence-electron chi connectivity index (χ1n) is 11.5. The Labute approximate surface area is 195 Å². The molecule has 33 heavy (non-hydrogen) atoms. The van der Waals surface area contributed by atoms with Gasteiger partial charge in [0, 0.05) is 39.8 Å². The molecule has 0 unspecified atom stereocenters. The average Bonchev–Trinajstić information content (AvgIpc) is 3.35. The van der Waals surface area contributed by atoms with Crippen molar-refractivity contribution in [2.45, 2.75) is 39.4 Å². The van der Waals surface area contributed by atoms with Gasteiger partial charge < -0.3 is 4.57 Å². The Bertz CT molecular complexity index is 1360. The smallest absolute Gasteiger partial charge is 0.324 e. The molecule has 3 aromatic heterocycles. The number of aryl methyl sites for hydroxylation is 2. The average molecular weight is 468 g/mol. The van der Waals surface area contributed by atoms with Gasteiger partial charge in [-0.2, -0.15) is 0 Å². The number of nitrogens with zero attached hydrogens (tertiary/aromatic N) is 6. The quantitative estimate of drug-likeness (QED) is 0.448. The summed E-state index contributed by atoms with van der Waals surface area (Å²) in [7, 11) is 1.86. The Balaban J connectivity index is 1.28. The van der Waals surface area contributed by atoms with Crippen LogP contribution in [0, 0.1) is 0 Å². The number of rotatable bonds is 7. The van der Waals surface area contributed by atoms with E-state index in [2.05, 4.69) is 39.9 Å². The van der Waals surface area contributed by atoms with E-state index < -0.39 is 0 Å². The van der Waals surface area contributed by atoms with Crippen molar-refractivity contribution in [3.05, 3.63) is 55.9 Å². The van der Waals surface area contributed by atoms with Gasteiger partial charge in [0.15, 0.2) is 11.2 Å². The molecule has 9 nitrogen and oxygen atoms in total. The zero-order valence-corrected chi connectivity index (χ0v) is 19.9. The monoisotopic (exact) mass is 467 g/mol. The van der Waals surface area contributed by atoms with Crippen molar-refractivity contribution < 1.29 is 0 Å². The highest BCUT2D eigenvalue weighted by atomic mass is 32.1. The molecular formula is C23H29N7O2S. The minimum atomic E-state index is -0.380. The molecule has 5 rings (SSSR count). The number of H-pyrrole nitrogens is 1. The van der Waals surface area contributed by atoms with E-state index >= 15 is 0 Å². The van der Waals surface area contributed by atoms with E-state index in [1.807, 2.05) is 17.7 Å². The van der Waals surface area contributed by atoms with E-state index in [0.717, 1.165) is 61.9 Å². The summed E-state index contributed by atoms with van der Waals surface area (Å²) in [6.45, 7) is 7.93. The number of piperazine rings is 1. The van der Waals surface area contributed by atoms with Crippen LogP contribution in [0.4, 0.5) is 0 Å². The van der Waals surface area contributed by atoms with Crippen molar-refractivity contribution in [2.75, 3.05) is 26.2 Å². The van der Waals surface area contributed by atoms with Crippen molar-refractivity contribution in [2.24, 2.45) is 7.05 Å². The van der Waals surface area contributed by atoms with Gasteiger partial charge in [-0.25, -0.2) is 14.8 Å². The number of hydrogen-bond acceptors (Lipinski definition) is 7. The first kappa shape index (κ1) is 22.0. The molecule has 0 radical (unpaired) electrons. The number of fused-ring (bicyclic) bond motifs is 2. The number of para-hydroxylation sites is 1. The first-order chi connectivity index (χ1) is 16.0. The van der Waals surface area contributed by atoms with Crippen LogP contribution in [0.1, 0.15) is 30.6 Å². The van der Waals surface area contributed by atoms with Crippen LogP contribution in [0.25, 0.3) is 21.4 Å². The van der Waals surface area contributed by atoms with Gasteiger partial charge in [-0.05, 0) is 18.6 Å². The third-order valence-corrected chi connectivity index (χ3v) is 7.39. The van der Waals surface area contributed by atoms with Crippen LogP contribution in [0.3, 0.4) is 0 Å². The van der Waals surface area contributed by atoms with Gasteiger partial charge in [-0.1, -0.05) is 25.5 Å². The summed E-state index contributed by atoms with van der Waals surface area (Å²) in [6, 6.07) is 8.28. The Morgan fingerprint density at radius 1 is 1.03 bits per heavy atom. The largest absolute Gasteiger partial charge is 0.330 e. The van der Waals surface area contributed by atoms with Gasteiger partial charge >= 0.3 is 5.69 Å². The standard InChI is InChI=1S/C23H29N7O2S/c1-3-4-9-30-21-20(22(31)26-23(30)32)27(2)18(25-21)14-28-10-12-29(13-11-28)15-19-24-16-7-5-6-8-17(16)33-19/h5-8H,3-4,9-15H2,1-2H3,(H,26,31,32). The molecule has 1 saturated heterocycles. The highest BCUT2D eigenvalue weighted by Crippen LogP contribution is 2.23. The molecule has 1 aliphatic rings. The van der Waals surface area contributed by atoms with E-state index in [-0.39, 0.29) is 11.2 Å². The third kappa shape index (κ3) is 4.38. The molecule has 4 heterocycles. The number of benzene rings is 1. The third-order valence-electron chi connectivity index (χ3n) is 6.37. The predicted molar refractivity (Wildman–Crippen MR) is 131 cm³/mol. The summed E-state index contributed by atoms with van der Waals surface area (Å²) >= 11 is 1.77. The van der Waals surface area contributed by atoms with Crippen LogP contribution in [0.2, 0.25) is 0 Å². The molecular weight excluding hydrogens is 438 g/mol. The molecule has 0 bridgehead atoms. The second-order valence-electron chi connectivity index (χ2n) is 8.65. The number of thiazole rings is 1. The summed E-state index contributed by atoms with van der Waals surface area (Å²) in [5.74, 6) is 0.811. The van der Waals surface area contributed by atoms with E-state index in [4.69, 9.17) is 9.97 Å². The Morgan fingerprint density at radius 3 is 2.48 bits per heavy atom. The minimum absolute atomic E-state index is 0.371. The molecule has 4 aromatic rings. The lowest BCUT2D eigenvalue weighted by atomic mass is 10.3. The molecule has 1 fully saturated rings. The first-order valence-corrected chi connectivity index (χ1v) is 12.3. The Hall–Kier alpha value is -2.82. The number of aromatic amines is 1. The van der Waals surface area contributed by atoms with Gasteiger partial charge in [-0.15, -0.1) is 11.3 Å². The number of hydrogen-bond donors (Lipinski definition) is 1. The van der Waals surface area contributed by atoms with E-state index in [1.165, 1.54) is 4.70 Å². The highest BCUT2D eigenvalue weighted by molar-refractivity contribution is 7.18. The van der Waals surface area contributed by atoms with Gasteiger partial charge in [0.1, 0.15) is 10.8 Å². The lowest BCUT2D eigenvalue weighted by Crippen LogP contribution is -2.45. The van der Waals surface area contributed by atoms with Crippen LogP contribution in [-0.4, -0.2) is 60.1 Å². The summed E-state index contributed by atoms with van der Waals surface area (Å²) in [4.78, 5) is 41.6. The zero-order chi connectivity index (χ0) is 22.9. The lowest BCUT2D eigenvalue weighted by Gasteiger charge is -2.33.